The maximum atomic E-state index is 11.3. The molecule has 0 aliphatic heterocycles. The summed E-state index contributed by atoms with van der Waals surface area (Å²) in [4.78, 5) is 22.5. The van der Waals surface area contributed by atoms with Crippen molar-refractivity contribution in [2.45, 2.75) is 40.2 Å². The Bertz CT molecular complexity index is 217. The summed E-state index contributed by atoms with van der Waals surface area (Å²) in [6.07, 6.45) is 0.662. The maximum absolute atomic E-state index is 11.3. The minimum Gasteiger partial charge on any atom is -0.327 e. The largest absolute Gasteiger partial charge is 0.329 e. The van der Waals surface area contributed by atoms with E-state index >= 15 is 0 Å². The van der Waals surface area contributed by atoms with Crippen LogP contribution in [0.4, 0.5) is 4.79 Å². The summed E-state index contributed by atoms with van der Waals surface area (Å²) in [5.74, 6) is 0.355. The molecule has 5 heteroatoms. The van der Waals surface area contributed by atoms with E-state index in [9.17, 15) is 9.59 Å². The van der Waals surface area contributed by atoms with Gasteiger partial charge < -0.3 is 5.32 Å². The fraction of sp³-hybridized carbons (Fsp3) is 0.800. The van der Waals surface area contributed by atoms with E-state index in [1.165, 1.54) is 6.92 Å². The lowest BCUT2D eigenvalue weighted by molar-refractivity contribution is -0.119. The van der Waals surface area contributed by atoms with Crippen molar-refractivity contribution in [1.82, 2.24) is 16.2 Å². The lowest BCUT2D eigenvalue weighted by atomic mass is 10.0. The van der Waals surface area contributed by atoms with E-state index < -0.39 is 6.04 Å². The Hall–Kier alpha value is -1.10. The summed E-state index contributed by atoms with van der Waals surface area (Å²) in [6, 6.07) is -0.763. The molecule has 0 aromatic rings. The van der Waals surface area contributed by atoms with E-state index in [-0.39, 0.29) is 11.8 Å². The van der Waals surface area contributed by atoms with E-state index in [4.69, 9.17) is 0 Å². The molecule has 15 heavy (non-hydrogen) atoms. The zero-order valence-corrected chi connectivity index (χ0v) is 9.89. The van der Waals surface area contributed by atoms with Gasteiger partial charge in [0, 0.05) is 6.54 Å². The normalized spacial score (nSPS) is 12.3. The summed E-state index contributed by atoms with van der Waals surface area (Å²) >= 11 is 0. The molecule has 0 unspecified atom stereocenters. The molecule has 2 amide bonds. The van der Waals surface area contributed by atoms with Gasteiger partial charge in [0.25, 0.3) is 0 Å². The third-order valence-corrected chi connectivity index (χ3v) is 1.88. The van der Waals surface area contributed by atoms with Gasteiger partial charge in [0.05, 0.1) is 6.04 Å². The first-order valence-corrected chi connectivity index (χ1v) is 5.27. The van der Waals surface area contributed by atoms with Crippen LogP contribution in [0.3, 0.4) is 0 Å². The number of amides is 2. The molecule has 0 aromatic carbocycles. The number of Topliss-reactive ketones (excluding diaryl/α,β-unsaturated/α-hetero) is 1. The van der Waals surface area contributed by atoms with Gasteiger partial charge >= 0.3 is 6.03 Å². The van der Waals surface area contributed by atoms with Crippen molar-refractivity contribution in [1.29, 1.82) is 0 Å². The number of hydrogen-bond donors (Lipinski definition) is 3. The molecule has 0 saturated carbocycles. The zero-order valence-electron chi connectivity index (χ0n) is 9.89. The molecule has 0 spiro atoms. The van der Waals surface area contributed by atoms with Crippen LogP contribution in [0.15, 0.2) is 0 Å². The number of carbonyl (C=O) groups is 2. The molecule has 0 aromatic heterocycles. The molecule has 0 radical (unpaired) electrons. The Kier molecular flexibility index (Phi) is 6.70. The van der Waals surface area contributed by atoms with Gasteiger partial charge in [-0.25, -0.2) is 10.2 Å². The van der Waals surface area contributed by atoms with Gasteiger partial charge in [-0.1, -0.05) is 20.8 Å². The Balaban J connectivity index is 4.05. The molecule has 0 saturated heterocycles. The van der Waals surface area contributed by atoms with Crippen LogP contribution in [0.5, 0.6) is 0 Å². The highest BCUT2D eigenvalue weighted by atomic mass is 16.2. The first-order valence-electron chi connectivity index (χ1n) is 5.27. The first-order chi connectivity index (χ1) is 6.97. The van der Waals surface area contributed by atoms with Gasteiger partial charge in [0.2, 0.25) is 0 Å². The summed E-state index contributed by atoms with van der Waals surface area (Å²) in [6.45, 7) is 8.03. The summed E-state index contributed by atoms with van der Waals surface area (Å²) in [7, 11) is 0. The second kappa shape index (κ2) is 7.23. The number of hydrazine groups is 1. The molecule has 0 aliphatic rings. The first kappa shape index (κ1) is 13.9. The predicted octanol–water partition coefficient (Wildman–Crippen LogP) is 0.814. The highest BCUT2D eigenvalue weighted by molar-refractivity contribution is 5.86. The van der Waals surface area contributed by atoms with Crippen LogP contribution in [-0.4, -0.2) is 24.4 Å². The van der Waals surface area contributed by atoms with Crippen molar-refractivity contribution in [3.8, 4) is 0 Å². The van der Waals surface area contributed by atoms with Crippen molar-refractivity contribution in [3.05, 3.63) is 0 Å². The van der Waals surface area contributed by atoms with Crippen molar-refractivity contribution in [2.24, 2.45) is 5.92 Å². The summed E-state index contributed by atoms with van der Waals surface area (Å²) in [5.41, 5.74) is 5.11. The number of ketones is 1. The number of nitrogens with one attached hydrogen (secondary N) is 3. The van der Waals surface area contributed by atoms with E-state index in [0.29, 0.717) is 18.9 Å². The summed E-state index contributed by atoms with van der Waals surface area (Å²) < 4.78 is 0. The molecule has 0 bridgehead atoms. The Morgan fingerprint density at radius 1 is 1.27 bits per heavy atom. The van der Waals surface area contributed by atoms with Crippen LogP contribution in [0.25, 0.3) is 0 Å². The highest BCUT2D eigenvalue weighted by Crippen LogP contribution is 2.05. The minimum absolute atomic E-state index is 0.0182. The second-order valence-corrected chi connectivity index (χ2v) is 3.92. The quantitative estimate of drug-likeness (QED) is 0.574. The maximum Gasteiger partial charge on any atom is 0.329 e. The van der Waals surface area contributed by atoms with Gasteiger partial charge in [0.15, 0.2) is 5.78 Å². The topological polar surface area (TPSA) is 70.2 Å². The van der Waals surface area contributed by atoms with Crippen LogP contribution in [0.2, 0.25) is 0 Å². The molecule has 3 N–H and O–H groups in total. The fourth-order valence-electron chi connectivity index (χ4n) is 1.16. The SMILES string of the molecule is CCNNC(=O)N[C@H](CC(C)C)C(C)=O. The average molecular weight is 215 g/mol. The minimum atomic E-state index is -0.399. The van der Waals surface area contributed by atoms with Gasteiger partial charge in [-0.2, -0.15) is 0 Å². The predicted molar refractivity (Wildman–Crippen MR) is 59.3 cm³/mol. The van der Waals surface area contributed by atoms with Crippen LogP contribution in [0.1, 0.15) is 34.1 Å². The van der Waals surface area contributed by atoms with Crippen LogP contribution >= 0.6 is 0 Å². The second-order valence-electron chi connectivity index (χ2n) is 3.92. The monoisotopic (exact) mass is 215 g/mol. The van der Waals surface area contributed by atoms with Crippen molar-refractivity contribution < 1.29 is 9.59 Å². The van der Waals surface area contributed by atoms with Crippen LogP contribution in [-0.2, 0) is 4.79 Å². The van der Waals surface area contributed by atoms with Gasteiger partial charge in [-0.15, -0.1) is 0 Å². The number of hydrogen-bond acceptors (Lipinski definition) is 3. The molecule has 88 valence electrons. The lowest BCUT2D eigenvalue weighted by Crippen LogP contribution is -2.50. The molecule has 5 nitrogen and oxygen atoms in total. The van der Waals surface area contributed by atoms with Gasteiger partial charge in [0.1, 0.15) is 0 Å². The average Bonchev–Trinajstić information content (AvgIpc) is 2.12. The lowest BCUT2D eigenvalue weighted by Gasteiger charge is -2.18. The Morgan fingerprint density at radius 3 is 2.27 bits per heavy atom. The smallest absolute Gasteiger partial charge is 0.327 e. The highest BCUT2D eigenvalue weighted by Gasteiger charge is 2.17. The van der Waals surface area contributed by atoms with E-state index in [1.54, 1.807) is 0 Å². The van der Waals surface area contributed by atoms with E-state index in [2.05, 4.69) is 16.2 Å². The van der Waals surface area contributed by atoms with E-state index in [1.807, 2.05) is 20.8 Å². The molecule has 0 aliphatic carbocycles. The molecule has 1 atom stereocenters. The molecular weight excluding hydrogens is 194 g/mol. The van der Waals surface area contributed by atoms with Crippen molar-refractivity contribution in [3.63, 3.8) is 0 Å². The summed E-state index contributed by atoms with van der Waals surface area (Å²) in [5, 5.41) is 2.62. The van der Waals surface area contributed by atoms with Crippen LogP contribution in [0, 0.1) is 5.92 Å². The Labute approximate surface area is 91.0 Å². The van der Waals surface area contributed by atoms with Gasteiger partial charge in [-0.3, -0.25) is 10.2 Å². The van der Waals surface area contributed by atoms with Crippen molar-refractivity contribution >= 4 is 11.8 Å². The van der Waals surface area contributed by atoms with Crippen molar-refractivity contribution in [2.75, 3.05) is 6.54 Å². The fourth-order valence-corrected chi connectivity index (χ4v) is 1.16. The molecule has 0 fully saturated rings. The molecule has 0 heterocycles. The number of urea groups is 1. The standard InChI is InChI=1S/C10H21N3O2/c1-5-11-13-10(15)12-9(8(4)14)6-7(2)3/h7,9,11H,5-6H2,1-4H3,(H2,12,13,15)/t9-/m1/s1. The Morgan fingerprint density at radius 2 is 1.87 bits per heavy atom. The molecule has 0 rings (SSSR count). The van der Waals surface area contributed by atoms with Crippen LogP contribution < -0.4 is 16.2 Å². The zero-order chi connectivity index (χ0) is 11.8. The van der Waals surface area contributed by atoms with E-state index in [0.717, 1.165) is 0 Å². The third-order valence-electron chi connectivity index (χ3n) is 1.88. The third kappa shape index (κ3) is 6.90. The molecular formula is C10H21N3O2. The van der Waals surface area contributed by atoms with Gasteiger partial charge in [-0.05, 0) is 19.3 Å². The number of carbonyl (C=O) groups excluding carboxylic acids is 2. The number of rotatable bonds is 6.